The van der Waals surface area contributed by atoms with Crippen molar-refractivity contribution in [2.45, 2.75) is 116 Å². The quantitative estimate of drug-likeness (QED) is 0.0478. The fourth-order valence-electron chi connectivity index (χ4n) is 8.25. The van der Waals surface area contributed by atoms with E-state index < -0.39 is 15.9 Å². The molecule has 0 saturated carbocycles. The summed E-state index contributed by atoms with van der Waals surface area (Å²) in [6.45, 7) is 25.5. The molecule has 0 spiro atoms. The molecule has 572 valence electrons. The van der Waals surface area contributed by atoms with Crippen LogP contribution in [0, 0.1) is 0 Å². The zero-order valence-electron chi connectivity index (χ0n) is 60.1. The summed E-state index contributed by atoms with van der Waals surface area (Å²) in [5.41, 5.74) is 0. The average molecular weight is 1430 g/mol. The normalized spacial score (nSPS) is 11.9. The molecule has 0 aromatic carbocycles. The molecule has 0 aliphatic heterocycles. The minimum absolute atomic E-state index is 0. The van der Waals surface area contributed by atoms with Crippen LogP contribution in [0.2, 0.25) is 0 Å². The van der Waals surface area contributed by atoms with Gasteiger partial charge >= 0.3 is 29.6 Å². The second-order valence-electron chi connectivity index (χ2n) is 21.6. The number of ether oxygens (including phenoxy) is 24. The third kappa shape index (κ3) is 96.0. The van der Waals surface area contributed by atoms with Crippen LogP contribution in [-0.4, -0.2) is 336 Å². The second kappa shape index (κ2) is 91.0. The Labute approximate surface area is 602 Å². The fourth-order valence-corrected chi connectivity index (χ4v) is 8.72. The standard InChI is InChI=1S/C67H136O27S.Na/c1-2-3-4-5-6-7-8-9-10-11-12-13-14-15-16-17-19-71-21-23-73-25-27-75-29-31-77-33-35-79-37-39-81-41-43-83-45-47-85-49-51-87-53-55-89-57-59-91-61-63-93-65-66-94-64-62-92-60-58-90-56-54-88-52-50-86-48-46-84-44-42-82-40-38-80-36-34-78-32-30-76-28-26-74-24-22-72-20-18-67-95(68,69)70;/h2-67H2,1H3,(H,68,69,70);/q;+1/p-1. The molecular formula is C67H135NaO27S. The predicted octanol–water partition coefficient (Wildman–Crippen LogP) is 3.59. The second-order valence-corrected chi connectivity index (χ2v) is 23.1. The van der Waals surface area contributed by atoms with Gasteiger partial charge in [-0.2, -0.15) is 0 Å². The van der Waals surface area contributed by atoms with E-state index in [4.69, 9.17) is 114 Å². The van der Waals surface area contributed by atoms with Crippen LogP contribution in [0.15, 0.2) is 0 Å². The van der Waals surface area contributed by atoms with Crippen molar-refractivity contribution in [2.75, 3.05) is 323 Å². The van der Waals surface area contributed by atoms with Crippen LogP contribution in [0.1, 0.15) is 116 Å². The van der Waals surface area contributed by atoms with Gasteiger partial charge in [-0.15, -0.1) is 0 Å². The topological polar surface area (TPSA) is 279 Å². The Balaban J connectivity index is 0. The summed E-state index contributed by atoms with van der Waals surface area (Å²) in [6, 6.07) is 0. The summed E-state index contributed by atoms with van der Waals surface area (Å²) in [7, 11) is -4.19. The van der Waals surface area contributed by atoms with Crippen LogP contribution >= 0.6 is 0 Å². The summed E-state index contributed by atoms with van der Waals surface area (Å²) in [6.07, 6.45) is 22.2. The van der Waals surface area contributed by atoms with Gasteiger partial charge < -0.3 is 118 Å². The largest absolute Gasteiger partial charge is 1.00 e. The molecule has 96 heavy (non-hydrogen) atoms. The molecule has 0 aliphatic rings. The van der Waals surface area contributed by atoms with Crippen LogP contribution in [-0.2, 0) is 124 Å². The molecule has 0 aromatic rings. The van der Waals surface area contributed by atoms with Crippen molar-refractivity contribution in [1.82, 2.24) is 0 Å². The van der Waals surface area contributed by atoms with Crippen LogP contribution in [0.25, 0.3) is 0 Å². The van der Waals surface area contributed by atoms with Crippen LogP contribution in [0.5, 0.6) is 0 Å². The van der Waals surface area contributed by atoms with E-state index >= 15 is 0 Å². The van der Waals surface area contributed by atoms with E-state index in [0.717, 1.165) is 13.0 Å². The summed E-state index contributed by atoms with van der Waals surface area (Å²) in [4.78, 5) is 0. The first-order chi connectivity index (χ1) is 47.1. The minimum Gasteiger partial charge on any atom is -0.748 e. The van der Waals surface area contributed by atoms with Crippen molar-refractivity contribution in [2.24, 2.45) is 0 Å². The van der Waals surface area contributed by atoms with Gasteiger partial charge in [0.25, 0.3) is 0 Å². The van der Waals surface area contributed by atoms with Gasteiger partial charge in [-0.25, -0.2) is 8.42 Å². The molecule has 0 bridgehead atoms. The maximum Gasteiger partial charge on any atom is 1.00 e. The van der Waals surface area contributed by atoms with Gasteiger partial charge in [0.15, 0.2) is 0 Å². The Morgan fingerprint density at radius 2 is 0.271 bits per heavy atom. The van der Waals surface area contributed by atoms with E-state index in [1.165, 1.54) is 96.3 Å². The van der Waals surface area contributed by atoms with Crippen molar-refractivity contribution >= 4 is 10.1 Å². The number of rotatable bonds is 90. The van der Waals surface area contributed by atoms with Gasteiger partial charge in [0.1, 0.15) is 0 Å². The van der Waals surface area contributed by atoms with Crippen molar-refractivity contribution in [3.63, 3.8) is 0 Å². The van der Waals surface area contributed by atoms with Crippen molar-refractivity contribution in [3.05, 3.63) is 0 Å². The van der Waals surface area contributed by atoms with E-state index in [-0.39, 0.29) is 42.6 Å². The van der Waals surface area contributed by atoms with Crippen molar-refractivity contribution in [3.8, 4) is 0 Å². The third-order valence-electron chi connectivity index (χ3n) is 13.4. The van der Waals surface area contributed by atoms with Gasteiger partial charge in [0.2, 0.25) is 0 Å². The molecule has 27 nitrogen and oxygen atoms in total. The maximum atomic E-state index is 10.5. The molecule has 0 heterocycles. The maximum absolute atomic E-state index is 10.5. The van der Waals surface area contributed by atoms with Crippen LogP contribution in [0.4, 0.5) is 0 Å². The average Bonchev–Trinajstić information content (AvgIpc) is 3.70. The number of hydrogen-bond donors (Lipinski definition) is 0. The Hall–Kier alpha value is -0.0500. The zero-order valence-corrected chi connectivity index (χ0v) is 62.9. The first-order valence-electron chi connectivity index (χ1n) is 35.9. The minimum atomic E-state index is -4.19. The Bertz CT molecular complexity index is 1480. The van der Waals surface area contributed by atoms with Gasteiger partial charge in [-0.05, 0) is 12.8 Å². The molecule has 0 radical (unpaired) electrons. The summed E-state index contributed by atoms with van der Waals surface area (Å²) in [5, 5.41) is 0. The fraction of sp³-hybridized carbons (Fsp3) is 1.00. The molecule has 0 saturated heterocycles. The van der Waals surface area contributed by atoms with Crippen molar-refractivity contribution < 1.29 is 156 Å². The van der Waals surface area contributed by atoms with E-state index in [9.17, 15) is 13.0 Å². The van der Waals surface area contributed by atoms with Gasteiger partial charge in [-0.3, -0.25) is 0 Å². The third-order valence-corrected chi connectivity index (χ3v) is 14.2. The van der Waals surface area contributed by atoms with Gasteiger partial charge in [0.05, 0.1) is 314 Å². The Morgan fingerprint density at radius 1 is 0.167 bits per heavy atom. The molecule has 29 heteroatoms. The predicted molar refractivity (Wildman–Crippen MR) is 358 cm³/mol. The zero-order chi connectivity index (χ0) is 68.1. The number of unbranched alkanes of at least 4 members (excludes halogenated alkanes) is 15. The molecule has 0 atom stereocenters. The van der Waals surface area contributed by atoms with E-state index in [2.05, 4.69) is 6.92 Å². The first-order valence-corrected chi connectivity index (χ1v) is 37.4. The molecule has 0 N–H and O–H groups in total. The molecular weight excluding hydrogens is 1290 g/mol. The van der Waals surface area contributed by atoms with E-state index in [0.29, 0.717) is 304 Å². The van der Waals surface area contributed by atoms with Crippen LogP contribution in [0.3, 0.4) is 0 Å². The van der Waals surface area contributed by atoms with Gasteiger partial charge in [-0.1, -0.05) is 103 Å². The van der Waals surface area contributed by atoms with Crippen molar-refractivity contribution in [1.29, 1.82) is 0 Å². The summed E-state index contributed by atoms with van der Waals surface area (Å²) >= 11 is 0. The monoisotopic (exact) mass is 1430 g/mol. The molecule has 0 fully saturated rings. The molecule has 0 unspecified atom stereocenters. The molecule has 0 amide bonds. The smallest absolute Gasteiger partial charge is 0.748 e. The summed E-state index contributed by atoms with van der Waals surface area (Å²) in [5.74, 6) is -0.422. The Morgan fingerprint density at radius 3 is 0.396 bits per heavy atom. The molecule has 0 aromatic heterocycles. The number of hydrogen-bond acceptors (Lipinski definition) is 27. The molecule has 0 aliphatic carbocycles. The van der Waals surface area contributed by atoms with E-state index in [1.54, 1.807) is 0 Å². The molecule has 0 rings (SSSR count). The Kier molecular flexibility index (Phi) is 92.9. The summed E-state index contributed by atoms with van der Waals surface area (Å²) < 4.78 is 164. The first kappa shape index (κ1) is 98.0. The van der Waals surface area contributed by atoms with Gasteiger partial charge in [0, 0.05) is 19.0 Å². The van der Waals surface area contributed by atoms with E-state index in [1.807, 2.05) is 0 Å². The SMILES string of the molecule is CCCCCCCCCCCCCCCCCCOCCOCCOCCOCCOCCOCCOCCOCCOCCOCCOCCOCCOCCOCCOCCOCCOCCOCCOCCOCCOCCOCCOCCOCCCS(=O)(=O)[O-].[Na+]. The van der Waals surface area contributed by atoms with Crippen LogP contribution < -0.4 is 29.6 Å².